The van der Waals surface area contributed by atoms with Crippen LogP contribution in [-0.4, -0.2) is 26.0 Å². The van der Waals surface area contributed by atoms with Crippen LogP contribution < -0.4 is 4.72 Å². The molecule has 0 spiro atoms. The second-order valence-electron chi connectivity index (χ2n) is 4.25. The number of thioether (sulfide) groups is 1. The van der Waals surface area contributed by atoms with E-state index in [-0.39, 0.29) is 11.8 Å². The molecule has 0 saturated carbocycles. The molecule has 0 aliphatic carbocycles. The van der Waals surface area contributed by atoms with Gasteiger partial charge in [-0.3, -0.25) is 0 Å². The van der Waals surface area contributed by atoms with Crippen molar-refractivity contribution in [2.24, 2.45) is 0 Å². The quantitative estimate of drug-likeness (QED) is 0.837. The Kier molecular flexibility index (Phi) is 6.35. The number of hydrogen-bond donors (Lipinski definition) is 1. The van der Waals surface area contributed by atoms with E-state index >= 15 is 0 Å². The Morgan fingerprint density at radius 1 is 1.37 bits per heavy atom. The molecule has 0 aliphatic rings. The van der Waals surface area contributed by atoms with Gasteiger partial charge >= 0.3 is 0 Å². The monoisotopic (exact) mass is 298 g/mol. The third-order valence-corrected chi connectivity index (χ3v) is 5.01. The van der Waals surface area contributed by atoms with Gasteiger partial charge in [-0.25, -0.2) is 13.1 Å². The van der Waals surface area contributed by atoms with Crippen molar-refractivity contribution in [2.45, 2.75) is 25.6 Å². The van der Waals surface area contributed by atoms with Crippen LogP contribution in [0.3, 0.4) is 0 Å². The summed E-state index contributed by atoms with van der Waals surface area (Å²) in [4.78, 5) is 0. The summed E-state index contributed by atoms with van der Waals surface area (Å²) in [5, 5.41) is 8.68. The molecule has 1 atom stereocenters. The van der Waals surface area contributed by atoms with Crippen molar-refractivity contribution in [3.8, 4) is 6.07 Å². The molecule has 0 radical (unpaired) electrons. The largest absolute Gasteiger partial charge is 0.216 e. The normalized spacial score (nSPS) is 12.9. The van der Waals surface area contributed by atoms with Crippen LogP contribution >= 0.6 is 11.8 Å². The van der Waals surface area contributed by atoms with Crippen molar-refractivity contribution >= 4 is 21.8 Å². The maximum absolute atomic E-state index is 11.9. The van der Waals surface area contributed by atoms with E-state index < -0.39 is 10.0 Å². The smallest absolute Gasteiger partial charge is 0.212 e. The first-order valence-corrected chi connectivity index (χ1v) is 8.84. The van der Waals surface area contributed by atoms with Crippen LogP contribution in [0, 0.1) is 11.3 Å². The van der Waals surface area contributed by atoms with Crippen molar-refractivity contribution in [3.63, 3.8) is 0 Å². The second kappa shape index (κ2) is 7.53. The molecule has 4 nitrogen and oxygen atoms in total. The maximum atomic E-state index is 11.9. The first-order valence-electron chi connectivity index (χ1n) is 6.03. The average molecular weight is 298 g/mol. The summed E-state index contributed by atoms with van der Waals surface area (Å²) in [6.07, 6.45) is 0. The van der Waals surface area contributed by atoms with Gasteiger partial charge in [0.25, 0.3) is 0 Å². The lowest BCUT2D eigenvalue weighted by atomic mass is 10.2. The molecular formula is C13H18N2O2S2. The predicted molar refractivity (Wildman–Crippen MR) is 79.4 cm³/mol. The zero-order valence-electron chi connectivity index (χ0n) is 11.1. The molecule has 1 unspecified atom stereocenters. The van der Waals surface area contributed by atoms with Crippen molar-refractivity contribution in [1.29, 1.82) is 5.26 Å². The molecule has 6 heteroatoms. The minimum Gasteiger partial charge on any atom is -0.212 e. The van der Waals surface area contributed by atoms with E-state index in [1.807, 2.05) is 19.9 Å². The van der Waals surface area contributed by atoms with Gasteiger partial charge in [-0.1, -0.05) is 19.1 Å². The summed E-state index contributed by atoms with van der Waals surface area (Å²) in [6.45, 7) is 3.90. The Hall–Kier alpha value is -1.03. The Morgan fingerprint density at radius 3 is 2.53 bits per heavy atom. The van der Waals surface area contributed by atoms with Crippen molar-refractivity contribution in [1.82, 2.24) is 4.72 Å². The lowest BCUT2D eigenvalue weighted by molar-refractivity contribution is 0.570. The van der Waals surface area contributed by atoms with E-state index in [1.54, 1.807) is 36.0 Å². The number of sulfonamides is 1. The summed E-state index contributed by atoms with van der Waals surface area (Å²) in [6, 6.07) is 8.52. The van der Waals surface area contributed by atoms with Crippen LogP contribution in [0.4, 0.5) is 0 Å². The first kappa shape index (κ1) is 16.0. The molecule has 0 amide bonds. The zero-order chi connectivity index (χ0) is 14.3. The van der Waals surface area contributed by atoms with Crippen LogP contribution in [0.2, 0.25) is 0 Å². The lowest BCUT2D eigenvalue weighted by Gasteiger charge is -2.13. The van der Waals surface area contributed by atoms with Crippen LogP contribution in [-0.2, 0) is 15.8 Å². The highest BCUT2D eigenvalue weighted by atomic mass is 32.2. The highest BCUT2D eigenvalue weighted by molar-refractivity contribution is 7.99. The highest BCUT2D eigenvalue weighted by Gasteiger charge is 2.15. The third kappa shape index (κ3) is 6.10. The fraction of sp³-hybridized carbons (Fsp3) is 0.462. The fourth-order valence-corrected chi connectivity index (χ4v) is 3.76. The number of nitrogens with one attached hydrogen (secondary N) is 1. The molecule has 1 aromatic carbocycles. The van der Waals surface area contributed by atoms with Gasteiger partial charge in [0, 0.05) is 11.8 Å². The summed E-state index contributed by atoms with van der Waals surface area (Å²) < 4.78 is 26.5. The molecule has 0 saturated heterocycles. The van der Waals surface area contributed by atoms with E-state index in [1.165, 1.54) is 0 Å². The molecule has 0 bridgehead atoms. The molecule has 1 rings (SSSR count). The van der Waals surface area contributed by atoms with Crippen molar-refractivity contribution < 1.29 is 8.42 Å². The number of nitrogens with zero attached hydrogens (tertiary/aromatic N) is 1. The molecule has 0 heterocycles. The summed E-state index contributed by atoms with van der Waals surface area (Å²) in [7, 11) is -3.33. The van der Waals surface area contributed by atoms with Gasteiger partial charge in [-0.2, -0.15) is 17.0 Å². The minimum absolute atomic E-state index is 0.0557. The van der Waals surface area contributed by atoms with E-state index in [2.05, 4.69) is 4.72 Å². The average Bonchev–Trinajstić information content (AvgIpc) is 2.36. The summed E-state index contributed by atoms with van der Waals surface area (Å²) in [5.74, 6) is 1.69. The third-order valence-electron chi connectivity index (χ3n) is 2.39. The standard InChI is InChI=1S/C13H18N2O2S2/c1-3-18-9-11(2)15-19(16,17)10-13-6-4-12(8-14)5-7-13/h4-7,11,15H,3,9-10H2,1-2H3. The van der Waals surface area contributed by atoms with E-state index in [4.69, 9.17) is 5.26 Å². The Morgan fingerprint density at radius 2 is 2.00 bits per heavy atom. The van der Waals surface area contributed by atoms with Crippen LogP contribution in [0.25, 0.3) is 0 Å². The minimum atomic E-state index is -3.33. The van der Waals surface area contributed by atoms with Crippen LogP contribution in [0.5, 0.6) is 0 Å². The van der Waals surface area contributed by atoms with Gasteiger partial charge in [-0.15, -0.1) is 0 Å². The molecule has 0 fully saturated rings. The molecule has 19 heavy (non-hydrogen) atoms. The fourth-order valence-electron chi connectivity index (χ4n) is 1.57. The summed E-state index contributed by atoms with van der Waals surface area (Å²) >= 11 is 1.71. The Bertz CT molecular complexity index is 533. The number of nitriles is 1. The van der Waals surface area contributed by atoms with Gasteiger partial charge in [0.2, 0.25) is 10.0 Å². The molecule has 0 aromatic heterocycles. The van der Waals surface area contributed by atoms with Gasteiger partial charge in [0.15, 0.2) is 0 Å². The van der Waals surface area contributed by atoms with Gasteiger partial charge in [0.05, 0.1) is 17.4 Å². The molecule has 104 valence electrons. The molecule has 1 aromatic rings. The summed E-state index contributed by atoms with van der Waals surface area (Å²) in [5.41, 5.74) is 1.21. The van der Waals surface area contributed by atoms with E-state index in [0.29, 0.717) is 11.1 Å². The Labute approximate surface area is 119 Å². The molecule has 0 aliphatic heterocycles. The topological polar surface area (TPSA) is 70.0 Å². The van der Waals surface area contributed by atoms with Gasteiger partial charge < -0.3 is 0 Å². The first-order chi connectivity index (χ1) is 8.96. The van der Waals surface area contributed by atoms with Gasteiger partial charge in [-0.05, 0) is 30.4 Å². The molecule has 1 N–H and O–H groups in total. The Balaban J connectivity index is 2.61. The zero-order valence-corrected chi connectivity index (χ0v) is 12.7. The van der Waals surface area contributed by atoms with Crippen molar-refractivity contribution in [3.05, 3.63) is 35.4 Å². The predicted octanol–water partition coefficient (Wildman–Crippen LogP) is 2.12. The van der Waals surface area contributed by atoms with Crippen LogP contribution in [0.15, 0.2) is 24.3 Å². The van der Waals surface area contributed by atoms with Crippen molar-refractivity contribution in [2.75, 3.05) is 11.5 Å². The number of rotatable bonds is 7. The second-order valence-corrected chi connectivity index (χ2v) is 7.32. The number of hydrogen-bond acceptors (Lipinski definition) is 4. The maximum Gasteiger partial charge on any atom is 0.216 e. The van der Waals surface area contributed by atoms with E-state index in [0.717, 1.165) is 11.5 Å². The SMILES string of the molecule is CCSCC(C)NS(=O)(=O)Cc1ccc(C#N)cc1. The van der Waals surface area contributed by atoms with Crippen LogP contribution in [0.1, 0.15) is 25.0 Å². The highest BCUT2D eigenvalue weighted by Crippen LogP contribution is 2.09. The van der Waals surface area contributed by atoms with E-state index in [9.17, 15) is 8.42 Å². The number of benzene rings is 1. The lowest BCUT2D eigenvalue weighted by Crippen LogP contribution is -2.35. The van der Waals surface area contributed by atoms with Gasteiger partial charge in [0.1, 0.15) is 0 Å². The molecular weight excluding hydrogens is 280 g/mol.